The Labute approximate surface area is 150 Å². The summed E-state index contributed by atoms with van der Waals surface area (Å²) in [6, 6.07) is 8.66. The molecule has 134 valence electrons. The Kier molecular flexibility index (Phi) is 5.41. The van der Waals surface area contributed by atoms with Gasteiger partial charge < -0.3 is 14.8 Å². The molecule has 5 nitrogen and oxygen atoms in total. The maximum atomic E-state index is 4.88. The molecule has 2 heterocycles. The molecule has 1 aromatic carbocycles. The van der Waals surface area contributed by atoms with Gasteiger partial charge in [-0.3, -0.25) is 0 Å². The van der Waals surface area contributed by atoms with Crippen LogP contribution in [0.3, 0.4) is 0 Å². The van der Waals surface area contributed by atoms with E-state index in [9.17, 15) is 0 Å². The number of nitrogens with zero attached hydrogens (tertiary/aromatic N) is 4. The molecule has 0 radical (unpaired) electrons. The molecular weight excluding hydrogens is 310 g/mol. The third-order valence-electron chi connectivity index (χ3n) is 4.64. The van der Waals surface area contributed by atoms with Crippen LogP contribution in [0.25, 0.3) is 0 Å². The Hall–Kier alpha value is -2.30. The Balaban J connectivity index is 1.68. The van der Waals surface area contributed by atoms with Crippen LogP contribution in [0.4, 0.5) is 0 Å². The van der Waals surface area contributed by atoms with Gasteiger partial charge in [0.2, 0.25) is 0 Å². The zero-order valence-corrected chi connectivity index (χ0v) is 15.6. The third-order valence-corrected chi connectivity index (χ3v) is 4.64. The first-order valence-electron chi connectivity index (χ1n) is 9.12. The highest BCUT2D eigenvalue weighted by Crippen LogP contribution is 2.28. The molecule has 1 fully saturated rings. The van der Waals surface area contributed by atoms with Gasteiger partial charge >= 0.3 is 0 Å². The lowest BCUT2D eigenvalue weighted by molar-refractivity contribution is 0.370. The fraction of sp³-hybridized carbons (Fsp3) is 0.500. The number of aromatic nitrogens is 2. The van der Waals surface area contributed by atoms with Gasteiger partial charge in [0.05, 0.1) is 12.9 Å². The highest BCUT2D eigenvalue weighted by atomic mass is 15.3. The summed E-state index contributed by atoms with van der Waals surface area (Å²) in [5, 5.41) is 3.45. The monoisotopic (exact) mass is 339 g/mol. The second-order valence-electron chi connectivity index (χ2n) is 7.56. The molecule has 1 aromatic heterocycles. The predicted octanol–water partition coefficient (Wildman–Crippen LogP) is 3.13. The van der Waals surface area contributed by atoms with Crippen molar-refractivity contribution in [2.45, 2.75) is 40.3 Å². The SMILES string of the molecule is CCNC(=NCc1cccc(Cn2ccnc2)c1)N1CCC(C)(C)C1. The largest absolute Gasteiger partial charge is 0.357 e. The topological polar surface area (TPSA) is 45.5 Å². The average Bonchev–Trinajstić information content (AvgIpc) is 3.21. The normalized spacial score (nSPS) is 17.1. The van der Waals surface area contributed by atoms with Gasteiger partial charge in [-0.15, -0.1) is 0 Å². The van der Waals surface area contributed by atoms with E-state index in [1.54, 1.807) is 0 Å². The van der Waals surface area contributed by atoms with Crippen LogP contribution in [0.2, 0.25) is 0 Å². The van der Waals surface area contributed by atoms with Crippen LogP contribution in [-0.4, -0.2) is 40.0 Å². The van der Waals surface area contributed by atoms with E-state index in [1.165, 1.54) is 17.5 Å². The third kappa shape index (κ3) is 4.84. The summed E-state index contributed by atoms with van der Waals surface area (Å²) in [4.78, 5) is 11.4. The molecule has 1 aliphatic heterocycles. The van der Waals surface area contributed by atoms with E-state index in [0.717, 1.165) is 32.1 Å². The Morgan fingerprint density at radius 1 is 1.32 bits per heavy atom. The lowest BCUT2D eigenvalue weighted by atomic mass is 9.93. The van der Waals surface area contributed by atoms with Gasteiger partial charge in [0, 0.05) is 38.6 Å². The molecule has 2 aromatic rings. The molecular formula is C20H29N5. The van der Waals surface area contributed by atoms with E-state index < -0.39 is 0 Å². The molecule has 0 unspecified atom stereocenters. The minimum Gasteiger partial charge on any atom is -0.357 e. The van der Waals surface area contributed by atoms with Crippen molar-refractivity contribution < 1.29 is 0 Å². The maximum absolute atomic E-state index is 4.88. The van der Waals surface area contributed by atoms with Crippen molar-refractivity contribution in [2.24, 2.45) is 10.4 Å². The first-order chi connectivity index (χ1) is 12.1. The van der Waals surface area contributed by atoms with Crippen molar-refractivity contribution in [3.05, 3.63) is 54.1 Å². The van der Waals surface area contributed by atoms with Crippen LogP contribution in [0, 0.1) is 5.41 Å². The zero-order chi connectivity index (χ0) is 17.7. The van der Waals surface area contributed by atoms with Gasteiger partial charge in [0.1, 0.15) is 0 Å². The Morgan fingerprint density at radius 3 is 2.84 bits per heavy atom. The van der Waals surface area contributed by atoms with E-state index >= 15 is 0 Å². The highest BCUT2D eigenvalue weighted by Gasteiger charge is 2.30. The van der Waals surface area contributed by atoms with E-state index in [1.807, 2.05) is 18.7 Å². The molecule has 1 N–H and O–H groups in total. The number of aliphatic imine (C=N–C) groups is 1. The van der Waals surface area contributed by atoms with Gasteiger partial charge in [-0.2, -0.15) is 0 Å². The fourth-order valence-electron chi connectivity index (χ4n) is 3.30. The minimum atomic E-state index is 0.376. The van der Waals surface area contributed by atoms with Crippen LogP contribution in [0.1, 0.15) is 38.3 Å². The smallest absolute Gasteiger partial charge is 0.194 e. The van der Waals surface area contributed by atoms with Crippen molar-refractivity contribution in [1.29, 1.82) is 0 Å². The molecule has 0 aliphatic carbocycles. The summed E-state index contributed by atoms with van der Waals surface area (Å²) in [5.74, 6) is 1.04. The quantitative estimate of drug-likeness (QED) is 0.672. The molecule has 3 rings (SSSR count). The molecule has 0 spiro atoms. The van der Waals surface area contributed by atoms with Crippen LogP contribution in [-0.2, 0) is 13.1 Å². The second kappa shape index (κ2) is 7.72. The Bertz CT molecular complexity index is 703. The molecule has 25 heavy (non-hydrogen) atoms. The van der Waals surface area contributed by atoms with Crippen LogP contribution in [0.5, 0.6) is 0 Å². The van der Waals surface area contributed by atoms with E-state index in [2.05, 4.69) is 64.8 Å². The number of imidazole rings is 1. The number of rotatable bonds is 5. The summed E-state index contributed by atoms with van der Waals surface area (Å²) in [7, 11) is 0. The predicted molar refractivity (Wildman–Crippen MR) is 103 cm³/mol. The van der Waals surface area contributed by atoms with E-state index in [-0.39, 0.29) is 0 Å². The number of likely N-dealkylation sites (tertiary alicyclic amines) is 1. The molecule has 1 saturated heterocycles. The molecule has 0 saturated carbocycles. The number of hydrogen-bond donors (Lipinski definition) is 1. The lowest BCUT2D eigenvalue weighted by Crippen LogP contribution is -2.40. The highest BCUT2D eigenvalue weighted by molar-refractivity contribution is 5.80. The average molecular weight is 339 g/mol. The van der Waals surface area contributed by atoms with E-state index in [0.29, 0.717) is 12.0 Å². The van der Waals surface area contributed by atoms with Gasteiger partial charge in [-0.25, -0.2) is 9.98 Å². The number of hydrogen-bond acceptors (Lipinski definition) is 2. The first-order valence-corrected chi connectivity index (χ1v) is 9.12. The maximum Gasteiger partial charge on any atom is 0.194 e. The van der Waals surface area contributed by atoms with Crippen molar-refractivity contribution in [3.8, 4) is 0 Å². The first kappa shape index (κ1) is 17.5. The van der Waals surface area contributed by atoms with Crippen LogP contribution in [0.15, 0.2) is 48.0 Å². The molecule has 0 atom stereocenters. The fourth-order valence-corrected chi connectivity index (χ4v) is 3.30. The van der Waals surface area contributed by atoms with Crippen molar-refractivity contribution in [3.63, 3.8) is 0 Å². The van der Waals surface area contributed by atoms with Crippen molar-refractivity contribution >= 4 is 5.96 Å². The van der Waals surface area contributed by atoms with E-state index in [4.69, 9.17) is 4.99 Å². The van der Waals surface area contributed by atoms with Crippen molar-refractivity contribution in [2.75, 3.05) is 19.6 Å². The van der Waals surface area contributed by atoms with Gasteiger partial charge in [-0.1, -0.05) is 38.1 Å². The van der Waals surface area contributed by atoms with Gasteiger partial charge in [0.15, 0.2) is 5.96 Å². The summed E-state index contributed by atoms with van der Waals surface area (Å²) in [6.45, 7) is 11.4. The summed E-state index contributed by atoms with van der Waals surface area (Å²) in [6.07, 6.45) is 6.87. The number of nitrogens with one attached hydrogen (secondary N) is 1. The molecule has 5 heteroatoms. The lowest BCUT2D eigenvalue weighted by Gasteiger charge is -2.23. The zero-order valence-electron chi connectivity index (χ0n) is 15.6. The van der Waals surface area contributed by atoms with Gasteiger partial charge in [0.25, 0.3) is 0 Å². The standard InChI is InChI=1S/C20H29N5/c1-4-22-19(25-10-8-20(2,3)15-25)23-13-17-6-5-7-18(12-17)14-24-11-9-21-16-24/h5-7,9,11-12,16H,4,8,10,13-15H2,1-3H3,(H,22,23). The van der Waals surface area contributed by atoms with Crippen LogP contribution < -0.4 is 5.32 Å². The van der Waals surface area contributed by atoms with Gasteiger partial charge in [-0.05, 0) is 29.9 Å². The summed E-state index contributed by atoms with van der Waals surface area (Å²) in [5.41, 5.74) is 2.89. The minimum absolute atomic E-state index is 0.376. The summed E-state index contributed by atoms with van der Waals surface area (Å²) < 4.78 is 2.08. The number of benzene rings is 1. The molecule has 0 bridgehead atoms. The van der Waals surface area contributed by atoms with Crippen molar-refractivity contribution in [1.82, 2.24) is 19.8 Å². The number of guanidine groups is 1. The molecule has 1 aliphatic rings. The van der Waals surface area contributed by atoms with Crippen LogP contribution >= 0.6 is 0 Å². The molecule has 0 amide bonds. The summed E-state index contributed by atoms with van der Waals surface area (Å²) >= 11 is 0. The second-order valence-corrected chi connectivity index (χ2v) is 7.56. The Morgan fingerprint density at radius 2 is 2.16 bits per heavy atom.